The maximum atomic E-state index is 12.3. The SMILES string of the molecule is CCCN(CCC)C(=O)c1ccc([N+](=O)[O-])c(N)c1. The normalized spacial score (nSPS) is 10.2. The van der Waals surface area contributed by atoms with Gasteiger partial charge in [0.2, 0.25) is 0 Å². The summed E-state index contributed by atoms with van der Waals surface area (Å²) in [5.41, 5.74) is 5.83. The predicted molar refractivity (Wildman–Crippen MR) is 74.0 cm³/mol. The van der Waals surface area contributed by atoms with E-state index in [0.717, 1.165) is 12.8 Å². The van der Waals surface area contributed by atoms with Crippen LogP contribution in [-0.2, 0) is 0 Å². The molecule has 6 heteroatoms. The third kappa shape index (κ3) is 3.67. The van der Waals surface area contributed by atoms with Gasteiger partial charge < -0.3 is 10.6 Å². The molecule has 0 heterocycles. The first kappa shape index (κ1) is 14.9. The minimum atomic E-state index is -0.556. The van der Waals surface area contributed by atoms with Crippen LogP contribution in [-0.4, -0.2) is 28.8 Å². The number of carbonyl (C=O) groups excluding carboxylic acids is 1. The number of anilines is 1. The number of benzene rings is 1. The molecule has 0 aromatic heterocycles. The Bertz CT molecular complexity index is 468. The summed E-state index contributed by atoms with van der Waals surface area (Å²) in [6.45, 7) is 5.34. The van der Waals surface area contributed by atoms with Crippen LogP contribution in [0.5, 0.6) is 0 Å². The van der Waals surface area contributed by atoms with E-state index >= 15 is 0 Å². The zero-order valence-corrected chi connectivity index (χ0v) is 11.3. The maximum Gasteiger partial charge on any atom is 0.292 e. The number of amides is 1. The maximum absolute atomic E-state index is 12.3. The summed E-state index contributed by atoms with van der Waals surface area (Å²) in [7, 11) is 0. The van der Waals surface area contributed by atoms with Crippen LogP contribution in [0.1, 0.15) is 37.0 Å². The van der Waals surface area contributed by atoms with Gasteiger partial charge in [-0.2, -0.15) is 0 Å². The average molecular weight is 265 g/mol. The first-order chi connectivity index (χ1) is 9.01. The number of nitro groups is 1. The molecule has 6 nitrogen and oxygen atoms in total. The van der Waals surface area contributed by atoms with Crippen molar-refractivity contribution in [2.75, 3.05) is 18.8 Å². The summed E-state index contributed by atoms with van der Waals surface area (Å²) >= 11 is 0. The largest absolute Gasteiger partial charge is 0.393 e. The standard InChI is InChI=1S/C13H19N3O3/c1-3-7-15(8-4-2)13(17)10-5-6-12(16(18)19)11(14)9-10/h5-6,9H,3-4,7-8,14H2,1-2H3. The van der Waals surface area contributed by atoms with Crippen LogP contribution in [0, 0.1) is 10.1 Å². The fourth-order valence-electron chi connectivity index (χ4n) is 1.89. The number of nitro benzene ring substituents is 1. The van der Waals surface area contributed by atoms with E-state index in [1.807, 2.05) is 13.8 Å². The number of nitrogens with two attached hydrogens (primary N) is 1. The van der Waals surface area contributed by atoms with E-state index < -0.39 is 4.92 Å². The van der Waals surface area contributed by atoms with E-state index in [4.69, 9.17) is 5.73 Å². The molecule has 2 N–H and O–H groups in total. The molecule has 0 unspecified atom stereocenters. The van der Waals surface area contributed by atoms with Crippen molar-refractivity contribution < 1.29 is 9.72 Å². The van der Waals surface area contributed by atoms with Crippen molar-refractivity contribution >= 4 is 17.3 Å². The van der Waals surface area contributed by atoms with Gasteiger partial charge in [-0.3, -0.25) is 14.9 Å². The molecular weight excluding hydrogens is 246 g/mol. The smallest absolute Gasteiger partial charge is 0.292 e. The molecule has 1 aromatic carbocycles. The lowest BCUT2D eigenvalue weighted by molar-refractivity contribution is -0.383. The van der Waals surface area contributed by atoms with Crippen molar-refractivity contribution in [3.05, 3.63) is 33.9 Å². The monoisotopic (exact) mass is 265 g/mol. The van der Waals surface area contributed by atoms with Crippen molar-refractivity contribution in [1.82, 2.24) is 4.90 Å². The molecule has 0 atom stereocenters. The van der Waals surface area contributed by atoms with E-state index in [1.165, 1.54) is 18.2 Å². The predicted octanol–water partition coefficient (Wildman–Crippen LogP) is 2.44. The number of carbonyl (C=O) groups is 1. The fourth-order valence-corrected chi connectivity index (χ4v) is 1.89. The van der Waals surface area contributed by atoms with E-state index in [-0.39, 0.29) is 17.3 Å². The van der Waals surface area contributed by atoms with Crippen molar-refractivity contribution in [2.45, 2.75) is 26.7 Å². The van der Waals surface area contributed by atoms with E-state index in [2.05, 4.69) is 0 Å². The van der Waals surface area contributed by atoms with Crippen molar-refractivity contribution in [1.29, 1.82) is 0 Å². The first-order valence-corrected chi connectivity index (χ1v) is 6.34. The Labute approximate surface area is 112 Å². The molecule has 1 aromatic rings. The van der Waals surface area contributed by atoms with Crippen molar-refractivity contribution in [2.24, 2.45) is 0 Å². The topological polar surface area (TPSA) is 89.5 Å². The molecule has 0 saturated heterocycles. The summed E-state index contributed by atoms with van der Waals surface area (Å²) in [5.74, 6) is -0.134. The Hall–Kier alpha value is -2.11. The van der Waals surface area contributed by atoms with Gasteiger partial charge in [-0.1, -0.05) is 13.8 Å². The number of hydrogen-bond acceptors (Lipinski definition) is 4. The summed E-state index contributed by atoms with van der Waals surface area (Å²) < 4.78 is 0. The molecule has 0 spiro atoms. The number of nitrogen functional groups attached to an aromatic ring is 1. The third-order valence-electron chi connectivity index (χ3n) is 2.75. The zero-order chi connectivity index (χ0) is 14.4. The van der Waals surface area contributed by atoms with E-state index in [0.29, 0.717) is 18.7 Å². The van der Waals surface area contributed by atoms with Crippen LogP contribution >= 0.6 is 0 Å². The van der Waals surface area contributed by atoms with Crippen LogP contribution < -0.4 is 5.73 Å². The molecule has 0 aliphatic rings. The molecular formula is C13H19N3O3. The summed E-state index contributed by atoms with van der Waals surface area (Å²) in [5, 5.41) is 10.7. The quantitative estimate of drug-likeness (QED) is 0.486. The third-order valence-corrected chi connectivity index (χ3v) is 2.75. The molecule has 0 aliphatic heterocycles. The highest BCUT2D eigenvalue weighted by Crippen LogP contribution is 2.22. The second kappa shape index (κ2) is 6.72. The summed E-state index contributed by atoms with van der Waals surface area (Å²) in [4.78, 5) is 24.1. The van der Waals surface area contributed by atoms with Crippen LogP contribution in [0.4, 0.5) is 11.4 Å². The minimum Gasteiger partial charge on any atom is -0.393 e. The van der Waals surface area contributed by atoms with Crippen molar-refractivity contribution in [3.8, 4) is 0 Å². The second-order valence-corrected chi connectivity index (χ2v) is 4.32. The lowest BCUT2D eigenvalue weighted by Crippen LogP contribution is -2.32. The fraction of sp³-hybridized carbons (Fsp3) is 0.462. The second-order valence-electron chi connectivity index (χ2n) is 4.32. The molecule has 0 radical (unpaired) electrons. The number of rotatable bonds is 6. The highest BCUT2D eigenvalue weighted by molar-refractivity contribution is 5.95. The molecule has 1 rings (SSSR count). The lowest BCUT2D eigenvalue weighted by atomic mass is 10.1. The number of hydrogen-bond donors (Lipinski definition) is 1. The Kier molecular flexibility index (Phi) is 5.29. The molecule has 0 fully saturated rings. The van der Waals surface area contributed by atoms with Crippen LogP contribution in [0.3, 0.4) is 0 Å². The molecule has 0 bridgehead atoms. The lowest BCUT2D eigenvalue weighted by Gasteiger charge is -2.21. The summed E-state index contributed by atoms with van der Waals surface area (Å²) in [6, 6.07) is 4.10. The Morgan fingerprint density at radius 3 is 2.32 bits per heavy atom. The van der Waals surface area contributed by atoms with Crippen molar-refractivity contribution in [3.63, 3.8) is 0 Å². The van der Waals surface area contributed by atoms with Gasteiger partial charge in [0.15, 0.2) is 0 Å². The first-order valence-electron chi connectivity index (χ1n) is 6.34. The van der Waals surface area contributed by atoms with Gasteiger partial charge in [0.05, 0.1) is 4.92 Å². The van der Waals surface area contributed by atoms with E-state index in [9.17, 15) is 14.9 Å². The van der Waals surface area contributed by atoms with Gasteiger partial charge in [-0.25, -0.2) is 0 Å². The number of nitrogens with zero attached hydrogens (tertiary/aromatic N) is 2. The molecule has 0 aliphatic carbocycles. The van der Waals surface area contributed by atoms with Gasteiger partial charge >= 0.3 is 0 Å². The Morgan fingerprint density at radius 2 is 1.89 bits per heavy atom. The molecule has 104 valence electrons. The van der Waals surface area contributed by atoms with Gasteiger partial charge in [0.25, 0.3) is 11.6 Å². The minimum absolute atomic E-state index is 0.0174. The van der Waals surface area contributed by atoms with Gasteiger partial charge in [-0.05, 0) is 25.0 Å². The average Bonchev–Trinajstić information content (AvgIpc) is 2.37. The highest BCUT2D eigenvalue weighted by atomic mass is 16.6. The molecule has 19 heavy (non-hydrogen) atoms. The Morgan fingerprint density at radius 1 is 1.32 bits per heavy atom. The van der Waals surface area contributed by atoms with Crippen LogP contribution in [0.2, 0.25) is 0 Å². The summed E-state index contributed by atoms with van der Waals surface area (Å²) in [6.07, 6.45) is 1.74. The highest BCUT2D eigenvalue weighted by Gasteiger charge is 2.18. The van der Waals surface area contributed by atoms with Gasteiger partial charge in [0.1, 0.15) is 5.69 Å². The van der Waals surface area contributed by atoms with Gasteiger partial charge in [-0.15, -0.1) is 0 Å². The molecule has 1 amide bonds. The van der Waals surface area contributed by atoms with Gasteiger partial charge in [0, 0.05) is 24.7 Å². The Balaban J connectivity index is 2.98. The van der Waals surface area contributed by atoms with Crippen LogP contribution in [0.15, 0.2) is 18.2 Å². The van der Waals surface area contributed by atoms with E-state index in [1.54, 1.807) is 4.90 Å². The van der Waals surface area contributed by atoms with Crippen LogP contribution in [0.25, 0.3) is 0 Å². The molecule has 0 saturated carbocycles. The zero-order valence-electron chi connectivity index (χ0n) is 11.3.